The summed E-state index contributed by atoms with van der Waals surface area (Å²) in [5, 5.41) is 2.54. The Morgan fingerprint density at radius 3 is 2.64 bits per heavy atom. The molecular formula is C15H13FN2O4. The van der Waals surface area contributed by atoms with Crippen molar-refractivity contribution in [1.82, 2.24) is 10.3 Å². The van der Waals surface area contributed by atoms with Gasteiger partial charge in [-0.3, -0.25) is 14.4 Å². The highest BCUT2D eigenvalue weighted by molar-refractivity contribution is 5.94. The lowest BCUT2D eigenvalue weighted by molar-refractivity contribution is 0.0948. The number of aromatic amines is 1. The minimum atomic E-state index is -0.681. The first-order valence-corrected chi connectivity index (χ1v) is 6.34. The van der Waals surface area contributed by atoms with Crippen LogP contribution < -0.4 is 15.5 Å². The van der Waals surface area contributed by atoms with Crippen molar-refractivity contribution >= 4 is 12.2 Å². The summed E-state index contributed by atoms with van der Waals surface area (Å²) in [5.74, 6) is -1.22. The van der Waals surface area contributed by atoms with E-state index in [1.807, 2.05) is 0 Å². The maximum atomic E-state index is 12.8. The first-order valence-electron chi connectivity index (χ1n) is 6.34. The molecule has 0 aliphatic heterocycles. The van der Waals surface area contributed by atoms with Crippen molar-refractivity contribution in [2.24, 2.45) is 0 Å². The van der Waals surface area contributed by atoms with Crippen LogP contribution in [0.25, 0.3) is 0 Å². The molecule has 0 atom stereocenters. The normalized spacial score (nSPS) is 10.1. The zero-order chi connectivity index (χ0) is 16.1. The molecule has 7 heteroatoms. The Kier molecular flexibility index (Phi) is 4.67. The van der Waals surface area contributed by atoms with Crippen molar-refractivity contribution < 1.29 is 18.7 Å². The maximum absolute atomic E-state index is 12.8. The highest BCUT2D eigenvalue weighted by atomic mass is 19.1. The molecule has 0 radical (unpaired) electrons. The van der Waals surface area contributed by atoms with Gasteiger partial charge in [0.2, 0.25) is 5.43 Å². The maximum Gasteiger partial charge on any atom is 0.257 e. The summed E-state index contributed by atoms with van der Waals surface area (Å²) in [7, 11) is 1.23. The lowest BCUT2D eigenvalue weighted by atomic mass is 10.2. The summed E-state index contributed by atoms with van der Waals surface area (Å²) in [6.07, 6.45) is 1.58. The van der Waals surface area contributed by atoms with E-state index in [2.05, 4.69) is 10.3 Å². The molecule has 0 bridgehead atoms. The number of nitrogens with one attached hydrogen (secondary N) is 2. The zero-order valence-corrected chi connectivity index (χ0v) is 11.7. The Morgan fingerprint density at radius 1 is 1.36 bits per heavy atom. The molecular weight excluding hydrogens is 291 g/mol. The molecule has 0 aliphatic carbocycles. The number of methoxy groups -OCH3 is 1. The van der Waals surface area contributed by atoms with Gasteiger partial charge in [0.1, 0.15) is 17.1 Å². The molecule has 0 aliphatic rings. The largest absolute Gasteiger partial charge is 0.491 e. The van der Waals surface area contributed by atoms with E-state index in [1.165, 1.54) is 31.4 Å². The van der Waals surface area contributed by atoms with Crippen molar-refractivity contribution in [2.45, 2.75) is 6.54 Å². The van der Waals surface area contributed by atoms with E-state index in [4.69, 9.17) is 4.74 Å². The second-order valence-corrected chi connectivity index (χ2v) is 4.41. The van der Waals surface area contributed by atoms with Crippen LogP contribution in [-0.4, -0.2) is 24.3 Å². The molecule has 114 valence electrons. The molecule has 0 unspecified atom stereocenters. The van der Waals surface area contributed by atoms with Crippen molar-refractivity contribution in [3.63, 3.8) is 0 Å². The molecule has 0 spiro atoms. The van der Waals surface area contributed by atoms with Crippen LogP contribution in [0, 0.1) is 5.82 Å². The molecule has 1 heterocycles. The Bertz CT molecular complexity index is 753. The Hall–Kier alpha value is -2.96. The van der Waals surface area contributed by atoms with Crippen LogP contribution in [0.2, 0.25) is 0 Å². The van der Waals surface area contributed by atoms with E-state index in [1.54, 1.807) is 0 Å². The monoisotopic (exact) mass is 304 g/mol. The second kappa shape index (κ2) is 6.66. The summed E-state index contributed by atoms with van der Waals surface area (Å²) < 4.78 is 17.6. The van der Waals surface area contributed by atoms with E-state index >= 15 is 0 Å². The van der Waals surface area contributed by atoms with Crippen LogP contribution in [0.3, 0.4) is 0 Å². The molecule has 6 nitrogen and oxygen atoms in total. The van der Waals surface area contributed by atoms with E-state index in [9.17, 15) is 18.8 Å². The van der Waals surface area contributed by atoms with Gasteiger partial charge in [-0.25, -0.2) is 4.39 Å². The number of benzene rings is 1. The highest BCUT2D eigenvalue weighted by Gasteiger charge is 2.17. The minimum Gasteiger partial charge on any atom is -0.491 e. The van der Waals surface area contributed by atoms with Gasteiger partial charge < -0.3 is 15.0 Å². The van der Waals surface area contributed by atoms with Gasteiger partial charge in [0.05, 0.1) is 7.11 Å². The van der Waals surface area contributed by atoms with Gasteiger partial charge in [0.15, 0.2) is 12.0 Å². The van der Waals surface area contributed by atoms with Gasteiger partial charge in [-0.05, 0) is 17.7 Å². The number of hydrogen-bond donors (Lipinski definition) is 2. The molecule has 1 aromatic heterocycles. The van der Waals surface area contributed by atoms with Gasteiger partial charge >= 0.3 is 0 Å². The number of aromatic nitrogens is 1. The van der Waals surface area contributed by atoms with Gasteiger partial charge in [-0.15, -0.1) is 0 Å². The van der Waals surface area contributed by atoms with E-state index in [-0.39, 0.29) is 29.4 Å². The highest BCUT2D eigenvalue weighted by Crippen LogP contribution is 2.09. The zero-order valence-electron chi connectivity index (χ0n) is 11.7. The Labute approximate surface area is 124 Å². The number of H-pyrrole nitrogens is 1. The summed E-state index contributed by atoms with van der Waals surface area (Å²) in [6.45, 7) is 0.135. The number of halogens is 1. The van der Waals surface area contributed by atoms with Crippen LogP contribution in [0.1, 0.15) is 26.4 Å². The lowest BCUT2D eigenvalue weighted by Crippen LogP contribution is -2.29. The number of carbonyl (C=O) groups is 2. The number of pyridine rings is 1. The van der Waals surface area contributed by atoms with Crippen molar-refractivity contribution in [3.8, 4) is 5.75 Å². The molecule has 2 N–H and O–H groups in total. The lowest BCUT2D eigenvalue weighted by Gasteiger charge is -2.07. The van der Waals surface area contributed by atoms with Crippen molar-refractivity contribution in [1.29, 1.82) is 0 Å². The number of rotatable bonds is 5. The summed E-state index contributed by atoms with van der Waals surface area (Å²) in [5.41, 5.74) is -0.213. The fourth-order valence-corrected chi connectivity index (χ4v) is 1.86. The number of hydrogen-bond acceptors (Lipinski definition) is 4. The Balaban J connectivity index is 2.18. The average Bonchev–Trinajstić information content (AvgIpc) is 2.53. The fraction of sp³-hybridized carbons (Fsp3) is 0.133. The molecule has 0 saturated carbocycles. The number of carbonyl (C=O) groups excluding carboxylic acids is 2. The summed E-state index contributed by atoms with van der Waals surface area (Å²) in [4.78, 5) is 37.4. The van der Waals surface area contributed by atoms with Crippen molar-refractivity contribution in [3.05, 3.63) is 63.3 Å². The average molecular weight is 304 g/mol. The van der Waals surface area contributed by atoms with E-state index in [0.717, 1.165) is 6.20 Å². The predicted octanol–water partition coefficient (Wildman–Crippen LogP) is 1.27. The van der Waals surface area contributed by atoms with Crippen LogP contribution in [-0.2, 0) is 6.54 Å². The third kappa shape index (κ3) is 3.20. The molecule has 2 aromatic rings. The van der Waals surface area contributed by atoms with E-state index < -0.39 is 11.3 Å². The minimum absolute atomic E-state index is 0.0393. The van der Waals surface area contributed by atoms with Crippen LogP contribution in [0.5, 0.6) is 5.75 Å². The first kappa shape index (κ1) is 15.4. The van der Waals surface area contributed by atoms with Crippen LogP contribution >= 0.6 is 0 Å². The van der Waals surface area contributed by atoms with E-state index in [0.29, 0.717) is 11.8 Å². The first-order chi connectivity index (χ1) is 10.6. The molecule has 2 rings (SSSR count). The quantitative estimate of drug-likeness (QED) is 0.814. The SMILES string of the molecule is COc1c(C=O)[nH]cc(C(=O)NCc2ccc(F)cc2)c1=O. The molecule has 0 fully saturated rings. The van der Waals surface area contributed by atoms with Crippen molar-refractivity contribution in [2.75, 3.05) is 7.11 Å². The molecule has 1 amide bonds. The fourth-order valence-electron chi connectivity index (χ4n) is 1.86. The number of ether oxygens (including phenoxy) is 1. The van der Waals surface area contributed by atoms with Gasteiger partial charge in [-0.1, -0.05) is 12.1 Å². The number of aldehydes is 1. The predicted molar refractivity (Wildman–Crippen MR) is 76.6 cm³/mol. The third-order valence-corrected chi connectivity index (χ3v) is 3.00. The summed E-state index contributed by atoms with van der Waals surface area (Å²) >= 11 is 0. The van der Waals surface area contributed by atoms with Gasteiger partial charge in [-0.2, -0.15) is 0 Å². The van der Waals surface area contributed by atoms with Crippen LogP contribution in [0.4, 0.5) is 4.39 Å². The molecule has 22 heavy (non-hydrogen) atoms. The standard InChI is InChI=1S/C15H13FN2O4/c1-22-14-12(8-19)17-7-11(13(14)20)15(21)18-6-9-2-4-10(16)5-3-9/h2-5,7-8H,6H2,1H3,(H,17,20)(H,18,21). The smallest absolute Gasteiger partial charge is 0.257 e. The Morgan fingerprint density at radius 2 is 2.05 bits per heavy atom. The molecule has 1 aromatic carbocycles. The van der Waals surface area contributed by atoms with Crippen LogP contribution in [0.15, 0.2) is 35.3 Å². The van der Waals surface area contributed by atoms with Gasteiger partial charge in [0.25, 0.3) is 5.91 Å². The third-order valence-electron chi connectivity index (χ3n) is 3.00. The number of amides is 1. The molecule has 0 saturated heterocycles. The summed E-state index contributed by atoms with van der Waals surface area (Å²) in [6, 6.07) is 5.60. The van der Waals surface area contributed by atoms with Gasteiger partial charge in [0, 0.05) is 12.7 Å². The topological polar surface area (TPSA) is 88.3 Å². The second-order valence-electron chi connectivity index (χ2n) is 4.41.